The number of H-pyrrole nitrogens is 2. The topological polar surface area (TPSA) is 103 Å². The zero-order chi connectivity index (χ0) is 23.7. The average Bonchev–Trinajstić information content (AvgIpc) is 3.37. The fourth-order valence-electron chi connectivity index (χ4n) is 4.72. The van der Waals surface area contributed by atoms with Crippen LogP contribution in [-0.2, 0) is 0 Å². The first kappa shape index (κ1) is 23.3. The van der Waals surface area contributed by atoms with Crippen LogP contribution in [-0.4, -0.2) is 58.4 Å². The first-order valence-corrected chi connectivity index (χ1v) is 12.4. The van der Waals surface area contributed by atoms with Crippen LogP contribution in [0, 0.1) is 23.7 Å². The van der Waals surface area contributed by atoms with E-state index in [-0.39, 0.29) is 11.9 Å². The minimum atomic E-state index is 0.0825. The van der Waals surface area contributed by atoms with Crippen LogP contribution < -0.4 is 5.49 Å². The summed E-state index contributed by atoms with van der Waals surface area (Å²) < 4.78 is 1.13. The molecule has 33 heavy (non-hydrogen) atoms. The molecule has 3 aromatic rings. The van der Waals surface area contributed by atoms with E-state index in [1.807, 2.05) is 37.2 Å². The van der Waals surface area contributed by atoms with Gasteiger partial charge in [-0.05, 0) is 48.9 Å². The van der Waals surface area contributed by atoms with Crippen molar-refractivity contribution in [3.05, 3.63) is 39.8 Å². The van der Waals surface area contributed by atoms with E-state index in [0.29, 0.717) is 17.8 Å². The van der Waals surface area contributed by atoms with Gasteiger partial charge in [0.05, 0.1) is 26.9 Å². The summed E-state index contributed by atoms with van der Waals surface area (Å²) in [5, 5.41) is 16.7. The van der Waals surface area contributed by atoms with E-state index in [2.05, 4.69) is 34.8 Å². The third kappa shape index (κ3) is 4.61. The third-order valence-electron chi connectivity index (χ3n) is 6.69. The maximum Gasteiger partial charge on any atom is 0.264 e. The van der Waals surface area contributed by atoms with Crippen LogP contribution in [0.5, 0.6) is 0 Å². The molecule has 7 nitrogen and oxygen atoms in total. The van der Waals surface area contributed by atoms with E-state index in [1.165, 1.54) is 5.56 Å². The molecular formula is C25H32N6OS. The number of likely N-dealkylation sites (tertiary alicyclic amines) is 1. The molecule has 4 heterocycles. The van der Waals surface area contributed by atoms with E-state index < -0.39 is 0 Å². The van der Waals surface area contributed by atoms with Crippen LogP contribution in [0.25, 0.3) is 21.5 Å². The van der Waals surface area contributed by atoms with Gasteiger partial charge in [0.25, 0.3) is 5.91 Å². The van der Waals surface area contributed by atoms with Gasteiger partial charge in [-0.3, -0.25) is 10.2 Å². The highest BCUT2D eigenvalue weighted by atomic mass is 32.1. The largest absolute Gasteiger partial charge is 0.354 e. The minimum absolute atomic E-state index is 0.0825. The first-order valence-electron chi connectivity index (χ1n) is 11.6. The Kier molecular flexibility index (Phi) is 6.73. The molecule has 0 atom stereocenters. The molecule has 4 rings (SSSR count). The van der Waals surface area contributed by atoms with E-state index in [1.54, 1.807) is 11.3 Å². The number of thiophene rings is 1. The molecule has 0 saturated carbocycles. The van der Waals surface area contributed by atoms with E-state index in [4.69, 9.17) is 10.7 Å². The van der Waals surface area contributed by atoms with Gasteiger partial charge in [-0.25, -0.2) is 0 Å². The molecule has 0 bridgehead atoms. The number of carbonyl (C=O) groups is 1. The van der Waals surface area contributed by atoms with Crippen LogP contribution in [0.3, 0.4) is 0 Å². The number of aryl methyl sites for hydroxylation is 1. The highest BCUT2D eigenvalue weighted by molar-refractivity contribution is 7.21. The number of aromatic nitrogens is 2. The number of fused-ring (bicyclic) bond motifs is 1. The molecule has 8 heteroatoms. The Balaban J connectivity index is 1.57. The summed E-state index contributed by atoms with van der Waals surface area (Å²) in [5.41, 5.74) is 5.62. The molecule has 0 radical (unpaired) electrons. The molecule has 0 unspecified atom stereocenters. The quantitative estimate of drug-likeness (QED) is 0.497. The van der Waals surface area contributed by atoms with Crippen LogP contribution in [0.1, 0.15) is 59.8 Å². The fraction of sp³-hybridized carbons (Fsp3) is 0.480. The van der Waals surface area contributed by atoms with Crippen molar-refractivity contribution >= 4 is 27.5 Å². The van der Waals surface area contributed by atoms with Gasteiger partial charge < -0.3 is 19.8 Å². The number of aromatic amines is 2. The van der Waals surface area contributed by atoms with Crippen molar-refractivity contribution < 1.29 is 4.79 Å². The van der Waals surface area contributed by atoms with Gasteiger partial charge in [0.2, 0.25) is 0 Å². The molecule has 0 aromatic carbocycles. The van der Waals surface area contributed by atoms with Crippen molar-refractivity contribution in [1.29, 1.82) is 10.7 Å². The summed E-state index contributed by atoms with van der Waals surface area (Å²) in [4.78, 5) is 24.9. The van der Waals surface area contributed by atoms with Crippen molar-refractivity contribution in [3.63, 3.8) is 0 Å². The maximum absolute atomic E-state index is 13.3. The predicted octanol–water partition coefficient (Wildman–Crippen LogP) is 4.59. The van der Waals surface area contributed by atoms with Gasteiger partial charge in [-0.2, -0.15) is 5.26 Å². The molecule has 1 amide bonds. The number of piperidine rings is 1. The van der Waals surface area contributed by atoms with E-state index in [0.717, 1.165) is 64.4 Å². The number of carbonyl (C=O) groups excluding carboxylic acids is 1. The number of amides is 1. The second-order valence-corrected chi connectivity index (χ2v) is 10.3. The van der Waals surface area contributed by atoms with Gasteiger partial charge in [0.15, 0.2) is 0 Å². The zero-order valence-electron chi connectivity index (χ0n) is 19.8. The summed E-state index contributed by atoms with van der Waals surface area (Å²) in [6.07, 6.45) is 4.32. The number of nitrogens with one attached hydrogen (secondary N) is 3. The van der Waals surface area contributed by atoms with Crippen molar-refractivity contribution in [2.75, 3.05) is 26.7 Å². The fourth-order valence-corrected chi connectivity index (χ4v) is 6.01. The highest BCUT2D eigenvalue weighted by Crippen LogP contribution is 2.40. The molecule has 1 aliphatic heterocycles. The summed E-state index contributed by atoms with van der Waals surface area (Å²) in [7, 11) is 1.92. The molecule has 3 aromatic heterocycles. The van der Waals surface area contributed by atoms with Crippen LogP contribution in [0.2, 0.25) is 0 Å². The molecule has 1 aliphatic rings. The van der Waals surface area contributed by atoms with Gasteiger partial charge >= 0.3 is 0 Å². The lowest BCUT2D eigenvalue weighted by Crippen LogP contribution is -2.45. The Morgan fingerprint density at radius 3 is 2.73 bits per heavy atom. The second-order valence-electron chi connectivity index (χ2n) is 9.27. The average molecular weight is 465 g/mol. The van der Waals surface area contributed by atoms with Crippen LogP contribution in [0.4, 0.5) is 0 Å². The van der Waals surface area contributed by atoms with E-state index in [9.17, 15) is 4.79 Å². The van der Waals surface area contributed by atoms with E-state index >= 15 is 0 Å². The monoisotopic (exact) mass is 464 g/mol. The summed E-state index contributed by atoms with van der Waals surface area (Å²) in [6.45, 7) is 8.97. The van der Waals surface area contributed by atoms with Gasteiger partial charge in [-0.15, -0.1) is 11.3 Å². The lowest BCUT2D eigenvalue weighted by molar-refractivity contribution is 0.0649. The summed E-state index contributed by atoms with van der Waals surface area (Å²) in [5.74, 6) is 0.376. The number of hydrogen-bond donors (Lipinski definition) is 3. The molecule has 0 aliphatic carbocycles. The number of pyridine rings is 1. The Bertz CT molecular complexity index is 1250. The molecular weight excluding hydrogens is 432 g/mol. The van der Waals surface area contributed by atoms with Gasteiger partial charge in [0.1, 0.15) is 5.49 Å². The van der Waals surface area contributed by atoms with Crippen LogP contribution in [0.15, 0.2) is 18.3 Å². The van der Waals surface area contributed by atoms with Crippen molar-refractivity contribution in [2.45, 2.75) is 52.0 Å². The SMILES string of the molecule is Cc1cc(-c2[nH]c3cc(C(=O)N(C)C4CCN(CCC#N)CC4)sc3c2C(C)C)c[nH]c1=N. The maximum atomic E-state index is 13.3. The Hall–Kier alpha value is -2.89. The lowest BCUT2D eigenvalue weighted by Gasteiger charge is -2.36. The molecule has 3 N–H and O–H groups in total. The Labute approximate surface area is 198 Å². The molecule has 0 spiro atoms. The number of hydrogen-bond acceptors (Lipinski definition) is 5. The summed E-state index contributed by atoms with van der Waals surface area (Å²) >= 11 is 1.57. The Morgan fingerprint density at radius 1 is 1.36 bits per heavy atom. The molecule has 1 fully saturated rings. The third-order valence-corrected chi connectivity index (χ3v) is 7.84. The normalized spacial score (nSPS) is 15.3. The van der Waals surface area contributed by atoms with Crippen LogP contribution >= 0.6 is 11.3 Å². The number of nitriles is 1. The lowest BCUT2D eigenvalue weighted by atomic mass is 9.99. The smallest absolute Gasteiger partial charge is 0.264 e. The second kappa shape index (κ2) is 9.54. The Morgan fingerprint density at radius 2 is 2.09 bits per heavy atom. The highest BCUT2D eigenvalue weighted by Gasteiger charge is 2.28. The number of nitrogens with zero attached hydrogens (tertiary/aromatic N) is 3. The molecule has 1 saturated heterocycles. The first-order chi connectivity index (χ1) is 15.8. The predicted molar refractivity (Wildman–Crippen MR) is 132 cm³/mol. The minimum Gasteiger partial charge on any atom is -0.354 e. The molecule has 174 valence electrons. The standard InChI is InChI=1S/C25H32N6OS/c1-15(2)21-22(17-12-16(3)24(27)28-14-17)29-19-13-20(33-23(19)21)25(32)30(4)18-6-10-31(11-7-18)9-5-8-26/h12-15,18,29H,5-7,9-11H2,1-4H3,(H2,27,28). The number of rotatable bonds is 6. The van der Waals surface area contributed by atoms with Crippen molar-refractivity contribution in [2.24, 2.45) is 0 Å². The zero-order valence-corrected chi connectivity index (χ0v) is 20.6. The summed E-state index contributed by atoms with van der Waals surface area (Å²) in [6, 6.07) is 6.47. The van der Waals surface area contributed by atoms with Crippen molar-refractivity contribution in [1.82, 2.24) is 19.8 Å². The van der Waals surface area contributed by atoms with Gasteiger partial charge in [-0.1, -0.05) is 13.8 Å². The van der Waals surface area contributed by atoms with Gasteiger partial charge in [0, 0.05) is 50.9 Å². The van der Waals surface area contributed by atoms with Crippen molar-refractivity contribution in [3.8, 4) is 17.3 Å².